The Morgan fingerprint density at radius 2 is 1.90 bits per heavy atom. The van der Waals surface area contributed by atoms with E-state index in [9.17, 15) is 19.7 Å². The molecule has 1 amide bonds. The van der Waals surface area contributed by atoms with Crippen molar-refractivity contribution in [2.75, 3.05) is 4.90 Å². The molecule has 2 aromatic carbocycles. The topological polar surface area (TPSA) is 120 Å². The molecule has 0 spiro atoms. The van der Waals surface area contributed by atoms with Gasteiger partial charge in [-0.3, -0.25) is 14.9 Å². The maximum atomic E-state index is 13.2. The SMILES string of the molecule is Cc1cc(=O)oc2cc(N(Cc3ccccc3[N+](=O)[O-])C(=O)C(N)C(C)C)ccc12. The summed E-state index contributed by atoms with van der Waals surface area (Å²) < 4.78 is 5.30. The van der Waals surface area contributed by atoms with Crippen molar-refractivity contribution in [3.05, 3.63) is 80.2 Å². The lowest BCUT2D eigenvalue weighted by Crippen LogP contribution is -2.46. The summed E-state index contributed by atoms with van der Waals surface area (Å²) in [5.41, 5.74) is 7.43. The number of fused-ring (bicyclic) bond motifs is 1. The predicted molar refractivity (Wildman–Crippen MR) is 114 cm³/mol. The summed E-state index contributed by atoms with van der Waals surface area (Å²) in [6, 6.07) is 11.9. The van der Waals surface area contributed by atoms with E-state index < -0.39 is 16.6 Å². The zero-order valence-corrected chi connectivity index (χ0v) is 17.0. The second kappa shape index (κ2) is 8.46. The lowest BCUT2D eigenvalue weighted by Gasteiger charge is -2.27. The van der Waals surface area contributed by atoms with Crippen molar-refractivity contribution >= 4 is 28.3 Å². The van der Waals surface area contributed by atoms with Gasteiger partial charge in [-0.05, 0) is 30.5 Å². The van der Waals surface area contributed by atoms with Crippen molar-refractivity contribution < 1.29 is 14.1 Å². The van der Waals surface area contributed by atoms with Crippen LogP contribution in [0, 0.1) is 23.0 Å². The van der Waals surface area contributed by atoms with Crippen molar-refractivity contribution in [1.29, 1.82) is 0 Å². The molecule has 30 heavy (non-hydrogen) atoms. The van der Waals surface area contributed by atoms with Gasteiger partial charge < -0.3 is 15.1 Å². The molecular weight excluding hydrogens is 386 g/mol. The van der Waals surface area contributed by atoms with E-state index in [4.69, 9.17) is 10.2 Å². The van der Waals surface area contributed by atoms with Crippen molar-refractivity contribution in [1.82, 2.24) is 0 Å². The first-order valence-corrected chi connectivity index (χ1v) is 9.53. The lowest BCUT2D eigenvalue weighted by molar-refractivity contribution is -0.385. The third-order valence-electron chi connectivity index (χ3n) is 5.03. The fraction of sp³-hybridized carbons (Fsp3) is 0.273. The summed E-state index contributed by atoms with van der Waals surface area (Å²) in [6.07, 6.45) is 0. The van der Waals surface area contributed by atoms with Gasteiger partial charge in [0.25, 0.3) is 5.69 Å². The van der Waals surface area contributed by atoms with E-state index in [0.717, 1.165) is 10.9 Å². The number of para-hydroxylation sites is 1. The van der Waals surface area contributed by atoms with Gasteiger partial charge in [0.2, 0.25) is 5.91 Å². The van der Waals surface area contributed by atoms with Gasteiger partial charge >= 0.3 is 5.63 Å². The Morgan fingerprint density at radius 3 is 2.57 bits per heavy atom. The average Bonchev–Trinajstić information content (AvgIpc) is 2.70. The Kier molecular flexibility index (Phi) is 5.98. The zero-order valence-electron chi connectivity index (χ0n) is 17.0. The minimum atomic E-state index is -0.798. The van der Waals surface area contributed by atoms with Gasteiger partial charge in [0.15, 0.2) is 0 Å². The third kappa shape index (κ3) is 4.23. The van der Waals surface area contributed by atoms with E-state index in [-0.39, 0.29) is 24.1 Å². The largest absolute Gasteiger partial charge is 0.423 e. The smallest absolute Gasteiger partial charge is 0.336 e. The first kappa shape index (κ1) is 21.2. The Balaban J connectivity index is 2.13. The fourth-order valence-electron chi connectivity index (χ4n) is 3.24. The molecule has 1 atom stereocenters. The van der Waals surface area contributed by atoms with Gasteiger partial charge in [0, 0.05) is 34.8 Å². The molecule has 1 aromatic heterocycles. The number of carbonyl (C=O) groups excluding carboxylic acids is 1. The molecule has 1 heterocycles. The number of aryl methyl sites for hydroxylation is 1. The molecule has 0 aliphatic carbocycles. The molecule has 156 valence electrons. The van der Waals surface area contributed by atoms with Crippen molar-refractivity contribution in [3.63, 3.8) is 0 Å². The molecule has 0 saturated heterocycles. The number of amides is 1. The Bertz CT molecular complexity index is 1170. The number of rotatable bonds is 6. The molecule has 0 saturated carbocycles. The summed E-state index contributed by atoms with van der Waals surface area (Å²) in [6.45, 7) is 5.41. The van der Waals surface area contributed by atoms with Crippen LogP contribution in [0.2, 0.25) is 0 Å². The summed E-state index contributed by atoms with van der Waals surface area (Å²) in [4.78, 5) is 37.3. The summed E-state index contributed by atoms with van der Waals surface area (Å²) in [5.74, 6) is -0.510. The van der Waals surface area contributed by atoms with Crippen LogP contribution in [0.4, 0.5) is 11.4 Å². The van der Waals surface area contributed by atoms with E-state index in [1.54, 1.807) is 43.3 Å². The highest BCUT2D eigenvalue weighted by Crippen LogP contribution is 2.28. The third-order valence-corrected chi connectivity index (χ3v) is 5.03. The zero-order chi connectivity index (χ0) is 22.0. The molecule has 0 fully saturated rings. The standard InChI is InChI=1S/C22H23N3O5/c1-13(2)21(23)22(27)24(12-15-6-4-5-7-18(15)25(28)29)16-8-9-17-14(3)10-20(26)30-19(17)11-16/h4-11,13,21H,12,23H2,1-3H3. The number of hydrogen-bond acceptors (Lipinski definition) is 6. The maximum Gasteiger partial charge on any atom is 0.336 e. The molecule has 0 bridgehead atoms. The van der Waals surface area contributed by atoms with E-state index >= 15 is 0 Å². The number of anilines is 1. The van der Waals surface area contributed by atoms with Gasteiger partial charge in [-0.25, -0.2) is 4.79 Å². The van der Waals surface area contributed by atoms with Gasteiger partial charge in [-0.1, -0.05) is 32.0 Å². The highest BCUT2D eigenvalue weighted by molar-refractivity contribution is 5.99. The Morgan fingerprint density at radius 1 is 1.20 bits per heavy atom. The number of nitro benzene ring substituents is 1. The van der Waals surface area contributed by atoms with Gasteiger partial charge in [-0.15, -0.1) is 0 Å². The molecule has 1 unspecified atom stereocenters. The molecule has 8 nitrogen and oxygen atoms in total. The van der Waals surface area contributed by atoms with Crippen molar-refractivity contribution in [2.24, 2.45) is 11.7 Å². The Hall–Kier alpha value is -3.52. The number of nitrogens with two attached hydrogens (primary N) is 1. The van der Waals surface area contributed by atoms with Crippen LogP contribution in [0.15, 0.2) is 57.7 Å². The molecule has 3 aromatic rings. The van der Waals surface area contributed by atoms with Gasteiger partial charge in [-0.2, -0.15) is 0 Å². The minimum Gasteiger partial charge on any atom is -0.423 e. The maximum absolute atomic E-state index is 13.2. The van der Waals surface area contributed by atoms with Crippen molar-refractivity contribution in [2.45, 2.75) is 33.4 Å². The van der Waals surface area contributed by atoms with Crippen LogP contribution in [0.25, 0.3) is 11.0 Å². The summed E-state index contributed by atoms with van der Waals surface area (Å²) in [5, 5.41) is 12.2. The molecule has 3 rings (SSSR count). The highest BCUT2D eigenvalue weighted by Gasteiger charge is 2.27. The lowest BCUT2D eigenvalue weighted by atomic mass is 10.0. The average molecular weight is 409 g/mol. The minimum absolute atomic E-state index is 0.0437. The number of benzene rings is 2. The van der Waals surface area contributed by atoms with Crippen LogP contribution in [0.5, 0.6) is 0 Å². The second-order valence-corrected chi connectivity index (χ2v) is 7.51. The van der Waals surface area contributed by atoms with Crippen LogP contribution in [-0.4, -0.2) is 16.9 Å². The van der Waals surface area contributed by atoms with Crippen LogP contribution < -0.4 is 16.3 Å². The van der Waals surface area contributed by atoms with E-state index in [1.165, 1.54) is 17.0 Å². The molecular formula is C22H23N3O5. The van der Waals surface area contributed by atoms with Crippen LogP contribution >= 0.6 is 0 Å². The molecule has 0 aliphatic rings. The molecule has 0 radical (unpaired) electrons. The highest BCUT2D eigenvalue weighted by atomic mass is 16.6. The first-order valence-electron chi connectivity index (χ1n) is 9.53. The second-order valence-electron chi connectivity index (χ2n) is 7.51. The number of nitrogens with zero attached hydrogens (tertiary/aromatic N) is 2. The van der Waals surface area contributed by atoms with E-state index in [1.807, 2.05) is 13.8 Å². The number of nitro groups is 1. The van der Waals surface area contributed by atoms with E-state index in [0.29, 0.717) is 16.8 Å². The molecule has 0 aliphatic heterocycles. The number of carbonyl (C=O) groups is 1. The Labute approximate surface area is 173 Å². The quantitative estimate of drug-likeness (QED) is 0.378. The fourth-order valence-corrected chi connectivity index (χ4v) is 3.24. The first-order chi connectivity index (χ1) is 14.2. The van der Waals surface area contributed by atoms with E-state index in [2.05, 4.69) is 0 Å². The van der Waals surface area contributed by atoms with Crippen LogP contribution in [0.3, 0.4) is 0 Å². The van der Waals surface area contributed by atoms with Gasteiger partial charge in [0.05, 0.1) is 17.5 Å². The normalized spacial score (nSPS) is 12.2. The van der Waals surface area contributed by atoms with Gasteiger partial charge in [0.1, 0.15) is 5.58 Å². The molecule has 2 N–H and O–H groups in total. The van der Waals surface area contributed by atoms with Crippen LogP contribution in [0.1, 0.15) is 25.0 Å². The predicted octanol–water partition coefficient (Wildman–Crippen LogP) is 3.53. The van der Waals surface area contributed by atoms with Crippen molar-refractivity contribution in [3.8, 4) is 0 Å². The summed E-state index contributed by atoms with van der Waals surface area (Å²) in [7, 11) is 0. The number of hydrogen-bond donors (Lipinski definition) is 1. The monoisotopic (exact) mass is 409 g/mol. The molecule has 8 heteroatoms. The van der Waals surface area contributed by atoms with Crippen LogP contribution in [-0.2, 0) is 11.3 Å². The summed E-state index contributed by atoms with van der Waals surface area (Å²) >= 11 is 0.